The van der Waals surface area contributed by atoms with Crippen LogP contribution in [0.1, 0.15) is 44.9 Å². The number of aromatic nitrogens is 2. The van der Waals surface area contributed by atoms with Gasteiger partial charge in [-0.3, -0.25) is 0 Å². The summed E-state index contributed by atoms with van der Waals surface area (Å²) in [4.78, 5) is 0. The van der Waals surface area contributed by atoms with Crippen molar-refractivity contribution >= 4 is 0 Å². The van der Waals surface area contributed by atoms with Gasteiger partial charge in [-0.2, -0.15) is 0 Å². The Morgan fingerprint density at radius 2 is 2.24 bits per heavy atom. The summed E-state index contributed by atoms with van der Waals surface area (Å²) in [6.45, 7) is 4.94. The summed E-state index contributed by atoms with van der Waals surface area (Å²) in [5, 5.41) is 20.8. The molecule has 0 amide bonds. The molecule has 0 spiro atoms. The average molecular weight is 239 g/mol. The Labute approximate surface area is 102 Å². The summed E-state index contributed by atoms with van der Waals surface area (Å²) < 4.78 is 5.45. The Hall–Kier alpha value is -0.940. The summed E-state index contributed by atoms with van der Waals surface area (Å²) in [5.41, 5.74) is -0.00634. The van der Waals surface area contributed by atoms with Crippen LogP contribution in [-0.2, 0) is 13.0 Å². The smallest absolute Gasteiger partial charge is 0.230 e. The molecule has 2 unspecified atom stereocenters. The molecule has 0 saturated heterocycles. The minimum Gasteiger partial charge on any atom is -0.424 e. The van der Waals surface area contributed by atoms with Gasteiger partial charge in [0.2, 0.25) is 11.8 Å². The molecule has 2 N–H and O–H groups in total. The van der Waals surface area contributed by atoms with Gasteiger partial charge in [-0.1, -0.05) is 20.3 Å². The Balaban J connectivity index is 1.89. The van der Waals surface area contributed by atoms with Crippen molar-refractivity contribution in [1.29, 1.82) is 0 Å². The van der Waals surface area contributed by atoms with Crippen LogP contribution in [-0.4, -0.2) is 28.0 Å². The highest BCUT2D eigenvalue weighted by molar-refractivity contribution is 4.94. The van der Waals surface area contributed by atoms with Gasteiger partial charge in [-0.05, 0) is 12.8 Å². The monoisotopic (exact) mass is 239 g/mol. The predicted octanol–water partition coefficient (Wildman–Crippen LogP) is 1.27. The Morgan fingerprint density at radius 1 is 1.47 bits per heavy atom. The topological polar surface area (TPSA) is 71.2 Å². The average Bonchev–Trinajstić information content (AvgIpc) is 2.94. The second-order valence-corrected chi connectivity index (χ2v) is 5.08. The normalized spacial score (nSPS) is 28.8. The van der Waals surface area contributed by atoms with Crippen molar-refractivity contribution in [3.05, 3.63) is 11.8 Å². The van der Waals surface area contributed by atoms with Crippen molar-refractivity contribution < 1.29 is 9.52 Å². The largest absolute Gasteiger partial charge is 0.424 e. The summed E-state index contributed by atoms with van der Waals surface area (Å²) in [5.74, 6) is 1.31. The zero-order valence-electron chi connectivity index (χ0n) is 10.6. The van der Waals surface area contributed by atoms with Crippen molar-refractivity contribution in [3.63, 3.8) is 0 Å². The molecule has 2 atom stereocenters. The van der Waals surface area contributed by atoms with E-state index in [1.54, 1.807) is 0 Å². The van der Waals surface area contributed by atoms with Crippen LogP contribution >= 0.6 is 0 Å². The Morgan fingerprint density at radius 3 is 2.88 bits per heavy atom. The van der Waals surface area contributed by atoms with Crippen molar-refractivity contribution in [2.75, 3.05) is 6.61 Å². The fraction of sp³-hybridized carbons (Fsp3) is 0.833. The predicted molar refractivity (Wildman–Crippen MR) is 63.3 cm³/mol. The highest BCUT2D eigenvalue weighted by atomic mass is 16.4. The number of nitrogens with one attached hydrogen (secondary N) is 1. The highest BCUT2D eigenvalue weighted by Crippen LogP contribution is 2.37. The lowest BCUT2D eigenvalue weighted by Gasteiger charge is -2.29. The van der Waals surface area contributed by atoms with Gasteiger partial charge in [-0.15, -0.1) is 10.2 Å². The molecular weight excluding hydrogens is 218 g/mol. The number of nitrogens with zero attached hydrogens (tertiary/aromatic N) is 2. The number of rotatable bonds is 5. The molecule has 1 heterocycles. The zero-order chi connectivity index (χ0) is 12.3. The third-order valence-corrected chi connectivity index (χ3v) is 3.75. The quantitative estimate of drug-likeness (QED) is 0.809. The van der Waals surface area contributed by atoms with E-state index < -0.39 is 0 Å². The minimum absolute atomic E-state index is 0.00634. The Kier molecular flexibility index (Phi) is 3.79. The van der Waals surface area contributed by atoms with E-state index in [1.165, 1.54) is 6.42 Å². The van der Waals surface area contributed by atoms with Crippen LogP contribution in [0.4, 0.5) is 0 Å². The maximum absolute atomic E-state index is 9.44. The van der Waals surface area contributed by atoms with Gasteiger partial charge in [0.25, 0.3) is 0 Å². The van der Waals surface area contributed by atoms with E-state index in [-0.39, 0.29) is 12.0 Å². The first-order chi connectivity index (χ1) is 8.18. The van der Waals surface area contributed by atoms with Crippen LogP contribution in [0.5, 0.6) is 0 Å². The maximum Gasteiger partial charge on any atom is 0.230 e. The second-order valence-electron chi connectivity index (χ2n) is 5.08. The van der Waals surface area contributed by atoms with Crippen molar-refractivity contribution in [2.24, 2.45) is 5.41 Å². The van der Waals surface area contributed by atoms with E-state index in [2.05, 4.69) is 22.4 Å². The van der Waals surface area contributed by atoms with E-state index in [1.807, 2.05) is 6.92 Å². The summed E-state index contributed by atoms with van der Waals surface area (Å²) >= 11 is 0. The molecule has 5 heteroatoms. The molecular formula is C12H21N3O2. The Bertz CT molecular complexity index is 366. The number of hydrogen-bond acceptors (Lipinski definition) is 5. The fourth-order valence-corrected chi connectivity index (χ4v) is 2.48. The third kappa shape index (κ3) is 2.66. The first-order valence-corrected chi connectivity index (χ1v) is 6.33. The molecule has 1 saturated carbocycles. The maximum atomic E-state index is 9.44. The van der Waals surface area contributed by atoms with Crippen molar-refractivity contribution in [1.82, 2.24) is 15.5 Å². The van der Waals surface area contributed by atoms with E-state index in [4.69, 9.17) is 4.42 Å². The van der Waals surface area contributed by atoms with Crippen LogP contribution < -0.4 is 5.32 Å². The highest BCUT2D eigenvalue weighted by Gasteiger charge is 2.37. The van der Waals surface area contributed by atoms with Crippen molar-refractivity contribution in [3.8, 4) is 0 Å². The van der Waals surface area contributed by atoms with Crippen LogP contribution in [0.3, 0.4) is 0 Å². The molecule has 1 aliphatic rings. The van der Waals surface area contributed by atoms with E-state index in [9.17, 15) is 5.11 Å². The van der Waals surface area contributed by atoms with E-state index in [0.717, 1.165) is 19.3 Å². The van der Waals surface area contributed by atoms with Crippen LogP contribution in [0, 0.1) is 5.41 Å². The van der Waals surface area contributed by atoms with Crippen LogP contribution in [0.15, 0.2) is 4.42 Å². The van der Waals surface area contributed by atoms with Crippen LogP contribution in [0.2, 0.25) is 0 Å². The molecule has 5 nitrogen and oxygen atoms in total. The van der Waals surface area contributed by atoms with Gasteiger partial charge in [0.1, 0.15) is 0 Å². The van der Waals surface area contributed by atoms with Gasteiger partial charge in [-0.25, -0.2) is 0 Å². The molecule has 1 aromatic heterocycles. The second kappa shape index (κ2) is 5.14. The van der Waals surface area contributed by atoms with Crippen LogP contribution in [0.25, 0.3) is 0 Å². The lowest BCUT2D eigenvalue weighted by Crippen LogP contribution is -2.41. The molecule has 1 aliphatic carbocycles. The van der Waals surface area contributed by atoms with Gasteiger partial charge in [0, 0.05) is 24.5 Å². The van der Waals surface area contributed by atoms with E-state index >= 15 is 0 Å². The van der Waals surface area contributed by atoms with Gasteiger partial charge >= 0.3 is 0 Å². The molecule has 0 aliphatic heterocycles. The molecule has 1 fully saturated rings. The van der Waals surface area contributed by atoms with Gasteiger partial charge in [0.05, 0.1) is 6.54 Å². The lowest BCUT2D eigenvalue weighted by atomic mass is 9.86. The molecule has 2 rings (SSSR count). The fourth-order valence-electron chi connectivity index (χ4n) is 2.48. The number of aliphatic hydroxyl groups is 1. The minimum atomic E-state index is -0.00634. The molecule has 96 valence electrons. The van der Waals surface area contributed by atoms with Gasteiger partial charge in [0.15, 0.2) is 0 Å². The summed E-state index contributed by atoms with van der Waals surface area (Å²) in [6, 6.07) is 0.337. The first kappa shape index (κ1) is 12.5. The summed E-state index contributed by atoms with van der Waals surface area (Å²) in [7, 11) is 0. The van der Waals surface area contributed by atoms with Gasteiger partial charge < -0.3 is 14.8 Å². The molecule has 1 aromatic rings. The lowest BCUT2D eigenvalue weighted by molar-refractivity contribution is 0.117. The number of hydrogen-bond donors (Lipinski definition) is 2. The van der Waals surface area contributed by atoms with E-state index in [0.29, 0.717) is 24.4 Å². The SMILES string of the molecule is CCc1nnc(CNC2CCCC2(C)CO)o1. The number of aliphatic hydroxyl groups excluding tert-OH is 1. The first-order valence-electron chi connectivity index (χ1n) is 6.33. The summed E-state index contributed by atoms with van der Waals surface area (Å²) in [6.07, 6.45) is 4.11. The molecule has 17 heavy (non-hydrogen) atoms. The van der Waals surface area contributed by atoms with Crippen molar-refractivity contribution in [2.45, 2.75) is 52.1 Å². The standard InChI is InChI=1S/C12H21N3O2/c1-3-10-14-15-11(17-10)7-13-9-5-4-6-12(9,2)8-16/h9,13,16H,3-8H2,1-2H3. The molecule has 0 aromatic carbocycles. The zero-order valence-corrected chi connectivity index (χ0v) is 10.6. The molecule has 0 radical (unpaired) electrons. The molecule has 0 bridgehead atoms. The number of aryl methyl sites for hydroxylation is 1. The third-order valence-electron chi connectivity index (χ3n) is 3.75.